The molecule has 0 radical (unpaired) electrons. The molecule has 0 aliphatic carbocycles. The number of nitrogens with two attached hydrogens (primary N) is 1. The van der Waals surface area contributed by atoms with Crippen LogP contribution >= 0.6 is 0 Å². The summed E-state index contributed by atoms with van der Waals surface area (Å²) in [5.74, 6) is -0.0493. The summed E-state index contributed by atoms with van der Waals surface area (Å²) in [5, 5.41) is 14.0. The Kier molecular flexibility index (Phi) is 5.43. The Morgan fingerprint density at radius 2 is 2.32 bits per heavy atom. The van der Waals surface area contributed by atoms with Crippen LogP contribution in [0.1, 0.15) is 23.0 Å². The van der Waals surface area contributed by atoms with E-state index in [-0.39, 0.29) is 23.5 Å². The maximum absolute atomic E-state index is 11.8. The molecule has 0 saturated heterocycles. The van der Waals surface area contributed by atoms with Gasteiger partial charge in [-0.25, -0.2) is 0 Å². The van der Waals surface area contributed by atoms with Crippen LogP contribution in [-0.2, 0) is 10.8 Å². The average molecular weight is 284 g/mol. The first kappa shape index (κ1) is 15.1. The van der Waals surface area contributed by atoms with Gasteiger partial charge in [0.25, 0.3) is 5.91 Å². The third-order valence-electron chi connectivity index (χ3n) is 2.26. The highest BCUT2D eigenvalue weighted by molar-refractivity contribution is 7.84. The SMILES string of the molecule is CC(CS(C)=O)NC(=O)c1ccc(/C(N)=N/O)cn1. The lowest BCUT2D eigenvalue weighted by Gasteiger charge is -2.11. The maximum Gasteiger partial charge on any atom is 0.270 e. The fourth-order valence-corrected chi connectivity index (χ4v) is 2.22. The number of oxime groups is 1. The van der Waals surface area contributed by atoms with Gasteiger partial charge in [0.15, 0.2) is 5.84 Å². The summed E-state index contributed by atoms with van der Waals surface area (Å²) in [6, 6.07) is 2.79. The van der Waals surface area contributed by atoms with E-state index in [0.29, 0.717) is 11.3 Å². The molecule has 2 unspecified atom stereocenters. The second kappa shape index (κ2) is 6.83. The molecule has 0 aromatic carbocycles. The number of amides is 1. The Balaban J connectivity index is 2.70. The minimum Gasteiger partial charge on any atom is -0.409 e. The topological polar surface area (TPSA) is 118 Å². The van der Waals surface area contributed by atoms with Crippen LogP contribution in [0.3, 0.4) is 0 Å². The Morgan fingerprint density at radius 1 is 1.63 bits per heavy atom. The Bertz CT molecular complexity index is 501. The van der Waals surface area contributed by atoms with Crippen LogP contribution < -0.4 is 11.1 Å². The van der Waals surface area contributed by atoms with E-state index in [1.165, 1.54) is 18.3 Å². The van der Waals surface area contributed by atoms with Gasteiger partial charge in [-0.15, -0.1) is 0 Å². The van der Waals surface area contributed by atoms with Gasteiger partial charge in [0.1, 0.15) is 5.69 Å². The molecular formula is C11H16N4O3S. The third-order valence-corrected chi connectivity index (χ3v) is 3.23. The molecule has 0 fully saturated rings. The van der Waals surface area contributed by atoms with Crippen LogP contribution in [0.15, 0.2) is 23.5 Å². The van der Waals surface area contributed by atoms with Gasteiger partial charge in [0, 0.05) is 40.6 Å². The number of carbonyl (C=O) groups excluding carboxylic acids is 1. The molecule has 0 bridgehead atoms. The van der Waals surface area contributed by atoms with Crippen LogP contribution in [0.2, 0.25) is 0 Å². The number of hydrogen-bond donors (Lipinski definition) is 3. The van der Waals surface area contributed by atoms with E-state index in [4.69, 9.17) is 10.9 Å². The number of hydrogen-bond acceptors (Lipinski definition) is 5. The summed E-state index contributed by atoms with van der Waals surface area (Å²) in [7, 11) is -0.975. The van der Waals surface area contributed by atoms with Crippen molar-refractivity contribution in [3.63, 3.8) is 0 Å². The molecule has 1 heterocycles. The molecule has 8 heteroatoms. The van der Waals surface area contributed by atoms with E-state index in [0.717, 1.165) is 0 Å². The molecule has 7 nitrogen and oxygen atoms in total. The number of aromatic nitrogens is 1. The van der Waals surface area contributed by atoms with Crippen molar-refractivity contribution in [3.8, 4) is 0 Å². The van der Waals surface area contributed by atoms with E-state index in [1.54, 1.807) is 13.2 Å². The van der Waals surface area contributed by atoms with Gasteiger partial charge in [-0.1, -0.05) is 5.16 Å². The van der Waals surface area contributed by atoms with Gasteiger partial charge in [-0.05, 0) is 19.1 Å². The molecule has 0 saturated carbocycles. The van der Waals surface area contributed by atoms with Crippen molar-refractivity contribution in [2.75, 3.05) is 12.0 Å². The fraction of sp³-hybridized carbons (Fsp3) is 0.364. The molecule has 1 aromatic rings. The van der Waals surface area contributed by atoms with Crippen molar-refractivity contribution in [1.29, 1.82) is 0 Å². The van der Waals surface area contributed by atoms with Gasteiger partial charge < -0.3 is 16.3 Å². The maximum atomic E-state index is 11.8. The number of pyridine rings is 1. The summed E-state index contributed by atoms with van der Waals surface area (Å²) in [5.41, 5.74) is 6.01. The number of nitrogens with zero attached hydrogens (tertiary/aromatic N) is 2. The highest BCUT2D eigenvalue weighted by atomic mass is 32.2. The van der Waals surface area contributed by atoms with Crippen molar-refractivity contribution < 1.29 is 14.2 Å². The van der Waals surface area contributed by atoms with Crippen LogP contribution in [0.5, 0.6) is 0 Å². The summed E-state index contributed by atoms with van der Waals surface area (Å²) in [4.78, 5) is 15.7. The molecule has 0 aliphatic rings. The van der Waals surface area contributed by atoms with E-state index in [1.807, 2.05) is 0 Å². The van der Waals surface area contributed by atoms with Crippen LogP contribution in [0.25, 0.3) is 0 Å². The summed E-state index contributed by atoms with van der Waals surface area (Å²) in [6.45, 7) is 1.77. The predicted octanol–water partition coefficient (Wildman–Crippen LogP) is -0.327. The smallest absolute Gasteiger partial charge is 0.270 e. The van der Waals surface area contributed by atoms with Gasteiger partial charge in [0.2, 0.25) is 0 Å². The minimum atomic E-state index is -0.975. The van der Waals surface area contributed by atoms with E-state index >= 15 is 0 Å². The van der Waals surface area contributed by atoms with Crippen LogP contribution in [-0.4, -0.2) is 44.2 Å². The van der Waals surface area contributed by atoms with Crippen molar-refractivity contribution in [2.45, 2.75) is 13.0 Å². The molecule has 0 spiro atoms. The predicted molar refractivity (Wildman–Crippen MR) is 72.6 cm³/mol. The van der Waals surface area contributed by atoms with Crippen LogP contribution in [0, 0.1) is 0 Å². The van der Waals surface area contributed by atoms with E-state index in [2.05, 4.69) is 15.5 Å². The highest BCUT2D eigenvalue weighted by Crippen LogP contribution is 2.01. The number of nitrogens with one attached hydrogen (secondary N) is 1. The summed E-state index contributed by atoms with van der Waals surface area (Å²) < 4.78 is 11.0. The highest BCUT2D eigenvalue weighted by Gasteiger charge is 2.12. The van der Waals surface area contributed by atoms with E-state index in [9.17, 15) is 9.00 Å². The van der Waals surface area contributed by atoms with Gasteiger partial charge in [0.05, 0.1) is 0 Å². The molecule has 19 heavy (non-hydrogen) atoms. The molecule has 1 rings (SSSR count). The zero-order valence-electron chi connectivity index (χ0n) is 10.7. The minimum absolute atomic E-state index is 0.0748. The largest absolute Gasteiger partial charge is 0.409 e. The van der Waals surface area contributed by atoms with Crippen molar-refractivity contribution in [2.24, 2.45) is 10.9 Å². The molecule has 104 valence electrons. The quantitative estimate of drug-likeness (QED) is 0.296. The molecular weight excluding hydrogens is 268 g/mol. The lowest BCUT2D eigenvalue weighted by atomic mass is 10.2. The zero-order valence-corrected chi connectivity index (χ0v) is 11.5. The first-order valence-electron chi connectivity index (χ1n) is 5.49. The van der Waals surface area contributed by atoms with Crippen LogP contribution in [0.4, 0.5) is 0 Å². The molecule has 1 amide bonds. The van der Waals surface area contributed by atoms with Gasteiger partial charge in [-0.3, -0.25) is 14.0 Å². The second-order valence-corrected chi connectivity index (χ2v) is 5.51. The summed E-state index contributed by atoms with van der Waals surface area (Å²) in [6.07, 6.45) is 2.92. The number of rotatable bonds is 5. The first-order valence-corrected chi connectivity index (χ1v) is 7.21. The van der Waals surface area contributed by atoms with Crippen molar-refractivity contribution in [1.82, 2.24) is 10.3 Å². The second-order valence-electron chi connectivity index (χ2n) is 4.03. The van der Waals surface area contributed by atoms with Crippen molar-refractivity contribution >= 4 is 22.5 Å². The lowest BCUT2D eigenvalue weighted by molar-refractivity contribution is 0.0938. The fourth-order valence-electron chi connectivity index (χ4n) is 1.43. The number of amidine groups is 1. The zero-order chi connectivity index (χ0) is 14.4. The van der Waals surface area contributed by atoms with Gasteiger partial charge in [-0.2, -0.15) is 0 Å². The molecule has 4 N–H and O–H groups in total. The lowest BCUT2D eigenvalue weighted by Crippen LogP contribution is -2.36. The van der Waals surface area contributed by atoms with Gasteiger partial charge >= 0.3 is 0 Å². The normalized spacial score (nSPS) is 14.7. The average Bonchev–Trinajstić information content (AvgIpc) is 2.36. The Morgan fingerprint density at radius 3 is 2.79 bits per heavy atom. The molecule has 2 atom stereocenters. The monoisotopic (exact) mass is 284 g/mol. The number of carbonyl (C=O) groups is 1. The molecule has 1 aromatic heterocycles. The van der Waals surface area contributed by atoms with Crippen molar-refractivity contribution in [3.05, 3.63) is 29.6 Å². The Hall–Kier alpha value is -1.96. The van der Waals surface area contributed by atoms with E-state index < -0.39 is 10.8 Å². The standard InChI is InChI=1S/C11H16N4O3S/c1-7(6-19(2)18)14-11(16)9-4-3-8(5-13-9)10(12)15-17/h3-5,7,17H,6H2,1-2H3,(H2,12,15)(H,14,16). The first-order chi connectivity index (χ1) is 8.93. The summed E-state index contributed by atoms with van der Waals surface area (Å²) >= 11 is 0. The third kappa shape index (κ3) is 4.66. The molecule has 0 aliphatic heterocycles. The Labute approximate surface area is 113 Å².